The maximum atomic E-state index is 12.3. The molecule has 0 amide bonds. The smallest absolute Gasteiger partial charge is 0.327 e. The van der Waals surface area contributed by atoms with Crippen LogP contribution in [-0.4, -0.2) is 40.6 Å². The van der Waals surface area contributed by atoms with E-state index in [1.165, 1.54) is 7.11 Å². The molecule has 0 saturated heterocycles. The Morgan fingerprint density at radius 3 is 2.14 bits per heavy atom. The third-order valence-electron chi connectivity index (χ3n) is 5.29. The van der Waals surface area contributed by atoms with Crippen LogP contribution in [0.4, 0.5) is 0 Å². The minimum absolute atomic E-state index is 0.145. The molecule has 0 aliphatic heterocycles. The lowest BCUT2D eigenvalue weighted by atomic mass is 10.1. The highest BCUT2D eigenvalue weighted by molar-refractivity contribution is 7.92. The normalized spacial score (nSPS) is 24.8. The molecule has 0 unspecified atom stereocenters. The molecule has 0 N–H and O–H groups in total. The molecular formula is C16H28O4SSi. The molecule has 1 aliphatic carbocycles. The SMILES string of the molecule is C=C1C[C@](C(=O)OC)(S(C)(=O)=O)C/C1=C\[Si](CC)(CC)CC. The van der Waals surface area contributed by atoms with Gasteiger partial charge in [0.15, 0.2) is 14.6 Å². The van der Waals surface area contributed by atoms with Crippen molar-refractivity contribution >= 4 is 23.9 Å². The van der Waals surface area contributed by atoms with Crippen molar-refractivity contribution in [1.29, 1.82) is 0 Å². The molecule has 1 saturated carbocycles. The number of esters is 1. The van der Waals surface area contributed by atoms with E-state index in [0.717, 1.165) is 35.5 Å². The summed E-state index contributed by atoms with van der Waals surface area (Å²) in [5, 5.41) is 0. The molecule has 0 aromatic carbocycles. The fraction of sp³-hybridized carbons (Fsp3) is 0.688. The molecule has 22 heavy (non-hydrogen) atoms. The summed E-state index contributed by atoms with van der Waals surface area (Å²) in [7, 11) is -3.90. The Morgan fingerprint density at radius 1 is 1.27 bits per heavy atom. The summed E-state index contributed by atoms with van der Waals surface area (Å²) in [6.07, 6.45) is 1.46. The number of carbonyl (C=O) groups excluding carboxylic acids is 1. The molecule has 6 heteroatoms. The second-order valence-corrected chi connectivity index (χ2v) is 13.8. The van der Waals surface area contributed by atoms with Crippen LogP contribution in [0.15, 0.2) is 23.4 Å². The summed E-state index contributed by atoms with van der Waals surface area (Å²) in [5.41, 5.74) is 4.00. The number of ether oxygens (including phenoxy) is 1. The van der Waals surface area contributed by atoms with Crippen molar-refractivity contribution in [1.82, 2.24) is 0 Å². The van der Waals surface area contributed by atoms with Crippen molar-refractivity contribution in [2.24, 2.45) is 0 Å². The average molecular weight is 345 g/mol. The van der Waals surface area contributed by atoms with Gasteiger partial charge in [-0.15, -0.1) is 0 Å². The molecule has 1 atom stereocenters. The fourth-order valence-electron chi connectivity index (χ4n) is 3.28. The number of sulfone groups is 1. The van der Waals surface area contributed by atoms with E-state index < -0.39 is 28.6 Å². The molecule has 126 valence electrons. The molecule has 0 spiro atoms. The summed E-state index contributed by atoms with van der Waals surface area (Å²) < 4.78 is 27.8. The number of methoxy groups -OCH3 is 1. The van der Waals surface area contributed by atoms with Gasteiger partial charge >= 0.3 is 5.97 Å². The standard InChI is InChI=1S/C16H28O4SSi/c1-7-22(8-2,9-3)12-14-11-16(10-13(14)4,15(17)20-5)21(6,18)19/h12H,4,7-11H2,1-3,5-6H3/b14-12+/t16-/m0/s1. The second kappa shape index (κ2) is 6.70. The zero-order chi connectivity index (χ0) is 17.2. The predicted octanol–water partition coefficient (Wildman–Crippen LogP) is 3.27. The van der Waals surface area contributed by atoms with Crippen molar-refractivity contribution in [2.45, 2.75) is 56.5 Å². The highest BCUT2D eigenvalue weighted by atomic mass is 32.2. The van der Waals surface area contributed by atoms with Crippen LogP contribution in [-0.2, 0) is 19.4 Å². The number of allylic oxidation sites excluding steroid dienone is 2. The van der Waals surface area contributed by atoms with E-state index in [2.05, 4.69) is 33.0 Å². The topological polar surface area (TPSA) is 60.4 Å². The third-order valence-corrected chi connectivity index (χ3v) is 12.3. The molecular weight excluding hydrogens is 316 g/mol. The molecule has 0 aromatic heterocycles. The van der Waals surface area contributed by atoms with Crippen molar-refractivity contribution in [3.05, 3.63) is 23.4 Å². The van der Waals surface area contributed by atoms with Gasteiger partial charge in [0.05, 0.1) is 15.2 Å². The highest BCUT2D eigenvalue weighted by Gasteiger charge is 2.54. The minimum Gasteiger partial charge on any atom is -0.468 e. The average Bonchev–Trinajstić information content (AvgIpc) is 2.81. The van der Waals surface area contributed by atoms with Crippen LogP contribution in [0.5, 0.6) is 0 Å². The Hall–Kier alpha value is -0.883. The van der Waals surface area contributed by atoms with Gasteiger partial charge in [0.2, 0.25) is 0 Å². The molecule has 0 radical (unpaired) electrons. The van der Waals surface area contributed by atoms with Gasteiger partial charge in [-0.25, -0.2) is 8.42 Å². The quantitative estimate of drug-likeness (QED) is 0.548. The van der Waals surface area contributed by atoms with Gasteiger partial charge < -0.3 is 4.74 Å². The van der Waals surface area contributed by atoms with Crippen molar-refractivity contribution in [3.63, 3.8) is 0 Å². The van der Waals surface area contributed by atoms with Crippen LogP contribution in [0, 0.1) is 0 Å². The molecule has 0 aromatic rings. The maximum absolute atomic E-state index is 12.3. The van der Waals surface area contributed by atoms with Gasteiger partial charge in [-0.05, 0) is 0 Å². The summed E-state index contributed by atoms with van der Waals surface area (Å²) in [6, 6.07) is 3.34. The first-order chi connectivity index (χ1) is 10.1. The van der Waals surface area contributed by atoms with E-state index in [1.807, 2.05) is 0 Å². The van der Waals surface area contributed by atoms with Gasteiger partial charge in [0.1, 0.15) is 0 Å². The van der Waals surface area contributed by atoms with E-state index in [0.29, 0.717) is 0 Å². The maximum Gasteiger partial charge on any atom is 0.327 e. The Labute approximate surface area is 135 Å². The Morgan fingerprint density at radius 2 is 1.77 bits per heavy atom. The zero-order valence-corrected chi connectivity index (χ0v) is 16.2. The van der Waals surface area contributed by atoms with E-state index >= 15 is 0 Å². The molecule has 1 fully saturated rings. The first-order valence-electron chi connectivity index (χ1n) is 7.79. The summed E-state index contributed by atoms with van der Waals surface area (Å²) >= 11 is 0. The van der Waals surface area contributed by atoms with E-state index in [-0.39, 0.29) is 12.8 Å². The van der Waals surface area contributed by atoms with E-state index in [9.17, 15) is 13.2 Å². The monoisotopic (exact) mass is 344 g/mol. The molecule has 4 nitrogen and oxygen atoms in total. The summed E-state index contributed by atoms with van der Waals surface area (Å²) in [4.78, 5) is 12.2. The van der Waals surface area contributed by atoms with Crippen molar-refractivity contribution < 1.29 is 17.9 Å². The van der Waals surface area contributed by atoms with E-state index in [1.54, 1.807) is 0 Å². The lowest BCUT2D eigenvalue weighted by Crippen LogP contribution is -2.44. The van der Waals surface area contributed by atoms with Crippen LogP contribution in [0.1, 0.15) is 33.6 Å². The molecule has 0 bridgehead atoms. The number of rotatable bonds is 6. The van der Waals surface area contributed by atoms with Crippen LogP contribution in [0.25, 0.3) is 0 Å². The fourth-order valence-corrected chi connectivity index (χ4v) is 7.67. The van der Waals surface area contributed by atoms with Crippen LogP contribution >= 0.6 is 0 Å². The number of carbonyl (C=O) groups is 1. The lowest BCUT2D eigenvalue weighted by molar-refractivity contribution is -0.143. The Bertz CT molecular complexity index is 579. The van der Waals surface area contributed by atoms with Gasteiger partial charge in [-0.1, -0.05) is 62.3 Å². The van der Waals surface area contributed by atoms with E-state index in [4.69, 9.17) is 4.74 Å². The Kier molecular flexibility index (Phi) is 5.84. The lowest BCUT2D eigenvalue weighted by Gasteiger charge is -2.26. The van der Waals surface area contributed by atoms with Gasteiger partial charge in [0.25, 0.3) is 0 Å². The Balaban J connectivity index is 3.36. The number of hydrogen-bond donors (Lipinski definition) is 0. The van der Waals surface area contributed by atoms with Crippen LogP contribution in [0.2, 0.25) is 18.1 Å². The third kappa shape index (κ3) is 3.22. The molecule has 0 heterocycles. The second-order valence-electron chi connectivity index (χ2n) is 6.31. The highest BCUT2D eigenvalue weighted by Crippen LogP contribution is 2.45. The predicted molar refractivity (Wildman–Crippen MR) is 93.2 cm³/mol. The zero-order valence-electron chi connectivity index (χ0n) is 14.4. The van der Waals surface area contributed by atoms with Crippen molar-refractivity contribution in [3.8, 4) is 0 Å². The van der Waals surface area contributed by atoms with Gasteiger partial charge in [-0.3, -0.25) is 4.79 Å². The van der Waals surface area contributed by atoms with Crippen LogP contribution in [0.3, 0.4) is 0 Å². The summed E-state index contributed by atoms with van der Waals surface area (Å²) in [6.45, 7) is 10.6. The van der Waals surface area contributed by atoms with Crippen LogP contribution < -0.4 is 0 Å². The molecule has 1 rings (SSSR count). The molecule has 1 aliphatic rings. The summed E-state index contributed by atoms with van der Waals surface area (Å²) in [5.74, 6) is -0.670. The minimum atomic E-state index is -3.58. The van der Waals surface area contributed by atoms with Gasteiger partial charge in [-0.2, -0.15) is 0 Å². The first kappa shape index (κ1) is 19.2. The largest absolute Gasteiger partial charge is 0.468 e. The first-order valence-corrected chi connectivity index (χ1v) is 12.4. The number of hydrogen-bond acceptors (Lipinski definition) is 4. The van der Waals surface area contributed by atoms with Crippen molar-refractivity contribution in [2.75, 3.05) is 13.4 Å². The van der Waals surface area contributed by atoms with Gasteiger partial charge in [0, 0.05) is 19.1 Å².